The van der Waals surface area contributed by atoms with Gasteiger partial charge in [0.15, 0.2) is 0 Å². The van der Waals surface area contributed by atoms with E-state index < -0.39 is 11.9 Å². The largest absolute Gasteiger partial charge is 0.462 e. The molecule has 0 bridgehead atoms. The molecule has 1 N–H and O–H groups in total. The molecule has 2 aromatic carbocycles. The molecular weight excluding hydrogens is 457 g/mol. The number of amides is 1. The van der Waals surface area contributed by atoms with E-state index in [1.807, 2.05) is 6.92 Å². The number of carbonyl (C=O) groups is 2. The molecule has 34 heavy (non-hydrogen) atoms. The minimum absolute atomic E-state index is 0.235. The van der Waals surface area contributed by atoms with Crippen LogP contribution in [0.4, 0.5) is 10.1 Å². The number of nitrogens with zero attached hydrogens (tertiary/aromatic N) is 2. The molecule has 0 aliphatic heterocycles. The van der Waals surface area contributed by atoms with Crippen LogP contribution in [0.15, 0.2) is 65.0 Å². The van der Waals surface area contributed by atoms with E-state index in [1.165, 1.54) is 34.4 Å². The second-order valence-corrected chi connectivity index (χ2v) is 8.49. The molecule has 1 amide bonds. The molecule has 9 heteroatoms. The number of nitrogens with one attached hydrogen (secondary N) is 1. The van der Waals surface area contributed by atoms with Crippen molar-refractivity contribution < 1.29 is 18.7 Å². The number of anilines is 1. The molecule has 0 atom stereocenters. The fourth-order valence-corrected chi connectivity index (χ4v) is 4.27. The van der Waals surface area contributed by atoms with Gasteiger partial charge >= 0.3 is 5.97 Å². The number of hydrogen-bond donors (Lipinski definition) is 1. The molecule has 0 saturated carbocycles. The van der Waals surface area contributed by atoms with Crippen LogP contribution >= 0.6 is 11.3 Å². The maximum Gasteiger partial charge on any atom is 0.338 e. The monoisotopic (exact) mass is 479 g/mol. The van der Waals surface area contributed by atoms with E-state index in [0.717, 1.165) is 12.8 Å². The van der Waals surface area contributed by atoms with Crippen LogP contribution in [0, 0.1) is 5.82 Å². The molecule has 0 aliphatic rings. The zero-order valence-corrected chi connectivity index (χ0v) is 19.2. The minimum Gasteiger partial charge on any atom is -0.462 e. The third-order valence-electron chi connectivity index (χ3n) is 5.17. The van der Waals surface area contributed by atoms with Gasteiger partial charge in [-0.05, 0) is 48.4 Å². The van der Waals surface area contributed by atoms with Gasteiger partial charge in [0, 0.05) is 16.6 Å². The Morgan fingerprint density at radius 2 is 1.85 bits per heavy atom. The van der Waals surface area contributed by atoms with Crippen LogP contribution in [0.1, 0.15) is 30.1 Å². The van der Waals surface area contributed by atoms with E-state index in [0.29, 0.717) is 39.2 Å². The zero-order chi connectivity index (χ0) is 24.1. The Hall–Kier alpha value is -3.85. The van der Waals surface area contributed by atoms with Crippen LogP contribution in [-0.4, -0.2) is 28.0 Å². The summed E-state index contributed by atoms with van der Waals surface area (Å²) in [5.41, 5.74) is 1.87. The molecule has 0 unspecified atom stereocenters. The topological polar surface area (TPSA) is 90.3 Å². The fraction of sp³-hybridized carbons (Fsp3) is 0.200. The third-order valence-corrected chi connectivity index (χ3v) is 6.05. The van der Waals surface area contributed by atoms with E-state index in [2.05, 4.69) is 10.3 Å². The van der Waals surface area contributed by atoms with E-state index in [9.17, 15) is 18.8 Å². The third kappa shape index (κ3) is 5.20. The maximum atomic E-state index is 13.3. The Morgan fingerprint density at radius 3 is 2.56 bits per heavy atom. The molecule has 4 rings (SSSR count). The number of esters is 1. The van der Waals surface area contributed by atoms with Crippen molar-refractivity contribution >= 4 is 39.1 Å². The number of unbranched alkanes of at least 4 members (excludes halogenated alkanes) is 1. The summed E-state index contributed by atoms with van der Waals surface area (Å²) in [6.07, 6.45) is 3.07. The lowest BCUT2D eigenvalue weighted by Crippen LogP contribution is -2.27. The first-order chi connectivity index (χ1) is 16.5. The quantitative estimate of drug-likeness (QED) is 0.288. The van der Waals surface area contributed by atoms with E-state index in [1.54, 1.807) is 41.8 Å². The average molecular weight is 480 g/mol. The molecule has 0 radical (unpaired) electrons. The number of fused-ring (bicyclic) bond motifs is 1. The smallest absolute Gasteiger partial charge is 0.338 e. The lowest BCUT2D eigenvalue weighted by atomic mass is 10.1. The van der Waals surface area contributed by atoms with Crippen molar-refractivity contribution in [2.45, 2.75) is 26.3 Å². The van der Waals surface area contributed by atoms with Crippen molar-refractivity contribution in [3.05, 3.63) is 82.0 Å². The lowest BCUT2D eigenvalue weighted by Gasteiger charge is -2.09. The van der Waals surface area contributed by atoms with E-state index in [-0.39, 0.29) is 17.9 Å². The minimum atomic E-state index is -0.417. The molecule has 2 aromatic heterocycles. The Balaban J connectivity index is 1.47. The highest BCUT2D eigenvalue weighted by molar-refractivity contribution is 7.17. The van der Waals surface area contributed by atoms with Crippen LogP contribution in [0.3, 0.4) is 0 Å². The van der Waals surface area contributed by atoms with Gasteiger partial charge in [0.2, 0.25) is 5.91 Å². The van der Waals surface area contributed by atoms with Crippen LogP contribution in [-0.2, 0) is 16.1 Å². The Kier molecular flexibility index (Phi) is 7.12. The lowest BCUT2D eigenvalue weighted by molar-refractivity contribution is -0.116. The van der Waals surface area contributed by atoms with Crippen molar-refractivity contribution in [3.63, 3.8) is 0 Å². The molecule has 7 nitrogen and oxygen atoms in total. The molecular formula is C25H22FN3O4S. The molecule has 0 aliphatic carbocycles. The Labute approximate surface area is 198 Å². The first kappa shape index (κ1) is 23.3. The maximum absolute atomic E-state index is 13.3. The van der Waals surface area contributed by atoms with Gasteiger partial charge in [-0.3, -0.25) is 14.2 Å². The summed E-state index contributed by atoms with van der Waals surface area (Å²) in [7, 11) is 0. The number of hydrogen-bond acceptors (Lipinski definition) is 6. The summed E-state index contributed by atoms with van der Waals surface area (Å²) >= 11 is 1.31. The van der Waals surface area contributed by atoms with E-state index in [4.69, 9.17) is 4.74 Å². The number of carbonyl (C=O) groups excluding carboxylic acids is 2. The second-order valence-electron chi connectivity index (χ2n) is 7.63. The van der Waals surface area contributed by atoms with Crippen LogP contribution < -0.4 is 10.9 Å². The number of aromatic nitrogens is 2. The first-order valence-corrected chi connectivity index (χ1v) is 11.6. The average Bonchev–Trinajstić information content (AvgIpc) is 3.27. The SMILES string of the molecule is CCCCOC(=O)c1ccc(NC(=O)Cn2cnc3scc(-c4ccc(F)cc4)c3c2=O)cc1. The highest BCUT2D eigenvalue weighted by Gasteiger charge is 2.15. The first-order valence-electron chi connectivity index (χ1n) is 10.8. The van der Waals surface area contributed by atoms with Crippen molar-refractivity contribution in [1.29, 1.82) is 0 Å². The van der Waals surface area contributed by atoms with Gasteiger partial charge < -0.3 is 10.1 Å². The van der Waals surface area contributed by atoms with Gasteiger partial charge in [0.05, 0.1) is 23.9 Å². The summed E-state index contributed by atoms with van der Waals surface area (Å²) in [5, 5.41) is 4.90. The highest BCUT2D eigenvalue weighted by atomic mass is 32.1. The molecule has 4 aromatic rings. The standard InChI is InChI=1S/C25H22FN3O4S/c1-2-3-12-33-25(32)17-6-10-19(11-7-17)28-21(30)13-29-15-27-23-22(24(29)31)20(14-34-23)16-4-8-18(26)9-5-16/h4-11,14-15H,2-3,12-13H2,1H3,(H,28,30). The zero-order valence-electron chi connectivity index (χ0n) is 18.4. The molecule has 174 valence electrons. The van der Waals surface area contributed by atoms with Crippen molar-refractivity contribution in [3.8, 4) is 11.1 Å². The molecule has 2 heterocycles. The van der Waals surface area contributed by atoms with Crippen molar-refractivity contribution in [2.24, 2.45) is 0 Å². The van der Waals surface area contributed by atoms with Gasteiger partial charge in [0.1, 0.15) is 17.2 Å². The molecule has 0 saturated heterocycles. The van der Waals surface area contributed by atoms with Crippen molar-refractivity contribution in [1.82, 2.24) is 9.55 Å². The number of rotatable bonds is 8. The summed E-state index contributed by atoms with van der Waals surface area (Å²) in [6, 6.07) is 12.2. The van der Waals surface area contributed by atoms with Crippen LogP contribution in [0.2, 0.25) is 0 Å². The van der Waals surface area contributed by atoms with Gasteiger partial charge in [0.25, 0.3) is 5.56 Å². The number of benzene rings is 2. The normalized spacial score (nSPS) is 10.9. The highest BCUT2D eigenvalue weighted by Crippen LogP contribution is 2.30. The fourth-order valence-electron chi connectivity index (χ4n) is 3.36. The van der Waals surface area contributed by atoms with Crippen LogP contribution in [0.5, 0.6) is 0 Å². The summed E-state index contributed by atoms with van der Waals surface area (Å²) in [6.45, 7) is 2.15. The Bertz CT molecular complexity index is 1380. The Morgan fingerprint density at radius 1 is 1.12 bits per heavy atom. The molecule has 0 spiro atoms. The molecule has 0 fully saturated rings. The number of thiophene rings is 1. The summed E-state index contributed by atoms with van der Waals surface area (Å²) in [4.78, 5) is 42.5. The van der Waals surface area contributed by atoms with E-state index >= 15 is 0 Å². The van der Waals surface area contributed by atoms with Gasteiger partial charge in [-0.15, -0.1) is 11.3 Å². The predicted octanol–water partition coefficient (Wildman–Crippen LogP) is 4.86. The number of ether oxygens (including phenoxy) is 1. The predicted molar refractivity (Wildman–Crippen MR) is 130 cm³/mol. The van der Waals surface area contributed by atoms with Gasteiger partial charge in [-0.2, -0.15) is 0 Å². The van der Waals surface area contributed by atoms with Gasteiger partial charge in [-0.25, -0.2) is 14.2 Å². The van der Waals surface area contributed by atoms with Crippen molar-refractivity contribution in [2.75, 3.05) is 11.9 Å². The number of halogens is 1. The van der Waals surface area contributed by atoms with Gasteiger partial charge in [-0.1, -0.05) is 25.5 Å². The second kappa shape index (κ2) is 10.4. The van der Waals surface area contributed by atoms with Crippen LogP contribution in [0.25, 0.3) is 21.3 Å². The summed E-state index contributed by atoms with van der Waals surface area (Å²) in [5.74, 6) is -1.19. The summed E-state index contributed by atoms with van der Waals surface area (Å²) < 4.78 is 19.7.